The first kappa shape index (κ1) is 18.5. The Morgan fingerprint density at radius 3 is 2.75 bits per heavy atom. The standard InChI is InChI=1S/C20H19NO6S/c22-19(27-18-10-12-26-20(18)23)15-6-3-8-16(13-15)28(24,25)21-11-4-7-14-5-1-2-9-17(14)21/h1-3,5-6,8-9,13,18H,4,7,10-12H2/t18-/m0/s1. The Bertz CT molecular complexity index is 1030. The second-order valence-corrected chi connectivity index (χ2v) is 8.55. The van der Waals surface area contributed by atoms with E-state index in [0.29, 0.717) is 18.7 Å². The van der Waals surface area contributed by atoms with Crippen LogP contribution in [-0.4, -0.2) is 39.6 Å². The van der Waals surface area contributed by atoms with Crippen LogP contribution < -0.4 is 4.31 Å². The molecule has 1 saturated heterocycles. The van der Waals surface area contributed by atoms with Crippen molar-refractivity contribution in [1.82, 2.24) is 0 Å². The SMILES string of the molecule is O=C(O[C@H]1CCOC1=O)c1cccc(S(=O)(=O)N2CCCc3ccccc32)c1. The number of cyclic esters (lactones) is 1. The van der Waals surface area contributed by atoms with E-state index in [1.54, 1.807) is 12.1 Å². The monoisotopic (exact) mass is 401 g/mol. The van der Waals surface area contributed by atoms with Crippen molar-refractivity contribution in [3.05, 3.63) is 59.7 Å². The van der Waals surface area contributed by atoms with E-state index in [1.807, 2.05) is 12.1 Å². The van der Waals surface area contributed by atoms with Crippen LogP contribution in [0.3, 0.4) is 0 Å². The number of hydrogen-bond donors (Lipinski definition) is 0. The molecule has 0 amide bonds. The molecule has 0 aliphatic carbocycles. The average Bonchev–Trinajstić information content (AvgIpc) is 3.12. The molecular formula is C20H19NO6S. The molecule has 0 radical (unpaired) electrons. The van der Waals surface area contributed by atoms with Gasteiger partial charge in [-0.2, -0.15) is 0 Å². The molecular weight excluding hydrogens is 382 g/mol. The molecule has 2 aliphatic rings. The van der Waals surface area contributed by atoms with Crippen molar-refractivity contribution >= 4 is 27.6 Å². The molecule has 0 N–H and O–H groups in total. The van der Waals surface area contributed by atoms with E-state index >= 15 is 0 Å². The molecule has 0 aromatic heterocycles. The van der Waals surface area contributed by atoms with Gasteiger partial charge in [-0.05, 0) is 42.7 Å². The summed E-state index contributed by atoms with van der Waals surface area (Å²) in [6.07, 6.45) is 0.905. The van der Waals surface area contributed by atoms with E-state index in [4.69, 9.17) is 9.47 Å². The predicted octanol–water partition coefficient (Wildman–Crippen LogP) is 2.30. The van der Waals surface area contributed by atoms with Gasteiger partial charge in [-0.25, -0.2) is 18.0 Å². The number of fused-ring (bicyclic) bond motifs is 1. The van der Waals surface area contributed by atoms with Gasteiger partial charge in [0.1, 0.15) is 0 Å². The number of rotatable bonds is 4. The molecule has 146 valence electrons. The van der Waals surface area contributed by atoms with E-state index in [0.717, 1.165) is 18.4 Å². The Morgan fingerprint density at radius 2 is 1.96 bits per heavy atom. The smallest absolute Gasteiger partial charge is 0.347 e. The highest BCUT2D eigenvalue weighted by Crippen LogP contribution is 2.32. The maximum absolute atomic E-state index is 13.2. The first-order chi connectivity index (χ1) is 13.5. The van der Waals surface area contributed by atoms with Crippen molar-refractivity contribution in [1.29, 1.82) is 0 Å². The molecule has 2 heterocycles. The predicted molar refractivity (Wildman–Crippen MR) is 101 cm³/mol. The third-order valence-corrected chi connectivity index (χ3v) is 6.67. The van der Waals surface area contributed by atoms with Gasteiger partial charge in [-0.3, -0.25) is 4.31 Å². The minimum Gasteiger partial charge on any atom is -0.463 e. The van der Waals surface area contributed by atoms with Crippen LogP contribution in [0.25, 0.3) is 0 Å². The van der Waals surface area contributed by atoms with Crippen molar-refractivity contribution in [3.63, 3.8) is 0 Å². The van der Waals surface area contributed by atoms with Gasteiger partial charge in [0.05, 0.1) is 22.8 Å². The van der Waals surface area contributed by atoms with Gasteiger partial charge in [0.25, 0.3) is 10.0 Å². The maximum Gasteiger partial charge on any atom is 0.347 e. The lowest BCUT2D eigenvalue weighted by Gasteiger charge is -2.30. The highest BCUT2D eigenvalue weighted by molar-refractivity contribution is 7.92. The minimum absolute atomic E-state index is 0.00708. The van der Waals surface area contributed by atoms with Crippen molar-refractivity contribution < 1.29 is 27.5 Å². The summed E-state index contributed by atoms with van der Waals surface area (Å²) >= 11 is 0. The molecule has 2 aromatic carbocycles. The number of esters is 2. The number of carbonyl (C=O) groups excluding carboxylic acids is 2. The van der Waals surface area contributed by atoms with Crippen LogP contribution in [-0.2, 0) is 30.7 Å². The van der Waals surface area contributed by atoms with Crippen LogP contribution in [0.5, 0.6) is 0 Å². The molecule has 2 aliphatic heterocycles. The second-order valence-electron chi connectivity index (χ2n) is 6.69. The number of carbonyl (C=O) groups is 2. The zero-order chi connectivity index (χ0) is 19.7. The Balaban J connectivity index is 1.62. The van der Waals surface area contributed by atoms with Gasteiger partial charge in [0.15, 0.2) is 0 Å². The largest absolute Gasteiger partial charge is 0.463 e. The van der Waals surface area contributed by atoms with Crippen LogP contribution in [0, 0.1) is 0 Å². The number of nitrogens with zero attached hydrogens (tertiary/aromatic N) is 1. The Labute approximate surface area is 162 Å². The molecule has 0 unspecified atom stereocenters. The lowest BCUT2D eigenvalue weighted by Crippen LogP contribution is -2.35. The number of aryl methyl sites for hydroxylation is 1. The summed E-state index contributed by atoms with van der Waals surface area (Å²) in [6.45, 7) is 0.585. The fourth-order valence-electron chi connectivity index (χ4n) is 3.44. The first-order valence-corrected chi connectivity index (χ1v) is 10.5. The normalized spacial score (nSPS) is 19.1. The quantitative estimate of drug-likeness (QED) is 0.731. The highest BCUT2D eigenvalue weighted by Gasteiger charge is 2.32. The molecule has 28 heavy (non-hydrogen) atoms. The molecule has 1 atom stereocenters. The number of hydrogen-bond acceptors (Lipinski definition) is 6. The van der Waals surface area contributed by atoms with Gasteiger partial charge in [0.2, 0.25) is 6.10 Å². The van der Waals surface area contributed by atoms with Crippen molar-refractivity contribution in [2.24, 2.45) is 0 Å². The van der Waals surface area contributed by atoms with E-state index in [1.165, 1.54) is 28.6 Å². The minimum atomic E-state index is -3.84. The summed E-state index contributed by atoms with van der Waals surface area (Å²) in [5.74, 6) is -1.33. The summed E-state index contributed by atoms with van der Waals surface area (Å²) in [4.78, 5) is 23.9. The number of anilines is 1. The Kier molecular flexibility index (Phi) is 4.80. The van der Waals surface area contributed by atoms with Crippen LogP contribution in [0.15, 0.2) is 53.4 Å². The third kappa shape index (κ3) is 3.35. The summed E-state index contributed by atoms with van der Waals surface area (Å²) in [5.41, 5.74) is 1.72. The van der Waals surface area contributed by atoms with E-state index in [2.05, 4.69) is 0 Å². The van der Waals surface area contributed by atoms with Crippen molar-refractivity contribution in [2.45, 2.75) is 30.3 Å². The number of para-hydroxylation sites is 1. The second kappa shape index (κ2) is 7.27. The van der Waals surface area contributed by atoms with Crippen molar-refractivity contribution in [2.75, 3.05) is 17.5 Å². The van der Waals surface area contributed by atoms with E-state index < -0.39 is 28.1 Å². The zero-order valence-corrected chi connectivity index (χ0v) is 15.9. The average molecular weight is 401 g/mol. The van der Waals surface area contributed by atoms with Crippen LogP contribution in [0.2, 0.25) is 0 Å². The molecule has 1 fully saturated rings. The molecule has 0 bridgehead atoms. The number of ether oxygens (including phenoxy) is 2. The van der Waals surface area contributed by atoms with Gasteiger partial charge >= 0.3 is 11.9 Å². The molecule has 0 saturated carbocycles. The van der Waals surface area contributed by atoms with E-state index in [-0.39, 0.29) is 17.1 Å². The topological polar surface area (TPSA) is 90.0 Å². The number of sulfonamides is 1. The molecule has 2 aromatic rings. The molecule has 0 spiro atoms. The van der Waals surface area contributed by atoms with E-state index in [9.17, 15) is 18.0 Å². The number of benzene rings is 2. The molecule has 4 rings (SSSR count). The summed E-state index contributed by atoms with van der Waals surface area (Å²) in [5, 5.41) is 0. The van der Waals surface area contributed by atoms with Gasteiger partial charge < -0.3 is 9.47 Å². The van der Waals surface area contributed by atoms with Crippen molar-refractivity contribution in [3.8, 4) is 0 Å². The fourth-order valence-corrected chi connectivity index (χ4v) is 5.03. The highest BCUT2D eigenvalue weighted by atomic mass is 32.2. The lowest BCUT2D eigenvalue weighted by molar-refractivity contribution is -0.145. The summed E-state index contributed by atoms with van der Waals surface area (Å²) in [6, 6.07) is 13.1. The first-order valence-electron chi connectivity index (χ1n) is 9.05. The zero-order valence-electron chi connectivity index (χ0n) is 15.0. The molecule has 7 nitrogen and oxygen atoms in total. The van der Waals surface area contributed by atoms with Crippen LogP contribution >= 0.6 is 0 Å². The Morgan fingerprint density at radius 1 is 1.14 bits per heavy atom. The fraction of sp³-hybridized carbons (Fsp3) is 0.300. The van der Waals surface area contributed by atoms with Gasteiger partial charge in [0, 0.05) is 13.0 Å². The summed E-state index contributed by atoms with van der Waals surface area (Å²) < 4.78 is 37.8. The van der Waals surface area contributed by atoms with Crippen LogP contribution in [0.1, 0.15) is 28.8 Å². The summed E-state index contributed by atoms with van der Waals surface area (Å²) in [7, 11) is -3.84. The van der Waals surface area contributed by atoms with Gasteiger partial charge in [-0.1, -0.05) is 24.3 Å². The van der Waals surface area contributed by atoms with Crippen LogP contribution in [0.4, 0.5) is 5.69 Å². The third-order valence-electron chi connectivity index (χ3n) is 4.86. The maximum atomic E-state index is 13.2. The Hall–Kier alpha value is -2.87. The lowest BCUT2D eigenvalue weighted by atomic mass is 10.0. The van der Waals surface area contributed by atoms with Gasteiger partial charge in [-0.15, -0.1) is 0 Å². The molecule has 8 heteroatoms.